The molecule has 0 unspecified atom stereocenters. The molecule has 0 saturated heterocycles. The molecule has 1 nitrogen and oxygen atoms in total. The van der Waals surface area contributed by atoms with Gasteiger partial charge in [0.1, 0.15) is 0 Å². The maximum Gasteiger partial charge on any atom is 0.0468 e. The predicted octanol–water partition coefficient (Wildman–Crippen LogP) is 13.7. The number of para-hydroxylation sites is 1. The van der Waals surface area contributed by atoms with E-state index in [9.17, 15) is 0 Å². The molecule has 10 rings (SSSR count). The second kappa shape index (κ2) is 10.9. The van der Waals surface area contributed by atoms with E-state index in [1.807, 2.05) is 0 Å². The topological polar surface area (TPSA) is 3.24 Å². The molecule has 0 atom stereocenters. The second-order valence-corrected chi connectivity index (χ2v) is 14.2. The van der Waals surface area contributed by atoms with Crippen LogP contribution in [-0.4, -0.2) is 0 Å². The number of fused-ring (bicyclic) bond motifs is 10. The number of anilines is 3. The number of nitrogens with zero attached hydrogens (tertiary/aromatic N) is 1. The average Bonchev–Trinajstić information content (AvgIpc) is 3.40. The summed E-state index contributed by atoms with van der Waals surface area (Å²) in [5, 5.41) is 10.2. The first-order valence-corrected chi connectivity index (χ1v) is 17.5. The highest BCUT2D eigenvalue weighted by Gasteiger charge is 2.35. The predicted molar refractivity (Wildman–Crippen MR) is 214 cm³/mol. The highest BCUT2D eigenvalue weighted by atomic mass is 15.1. The van der Waals surface area contributed by atoms with E-state index in [4.69, 9.17) is 0 Å². The molecule has 236 valence electrons. The fraction of sp³-hybridized carbons (Fsp3) is 0.0612. The van der Waals surface area contributed by atoms with Gasteiger partial charge in [0.2, 0.25) is 0 Å². The summed E-state index contributed by atoms with van der Waals surface area (Å²) < 4.78 is 0. The molecule has 50 heavy (non-hydrogen) atoms. The van der Waals surface area contributed by atoms with E-state index >= 15 is 0 Å². The lowest BCUT2D eigenvalue weighted by Crippen LogP contribution is -2.14. The first kappa shape index (κ1) is 28.8. The first-order chi connectivity index (χ1) is 24.5. The Kier molecular flexibility index (Phi) is 6.29. The second-order valence-electron chi connectivity index (χ2n) is 14.2. The molecular formula is C49H35N. The zero-order chi connectivity index (χ0) is 33.4. The van der Waals surface area contributed by atoms with E-state index in [-0.39, 0.29) is 5.41 Å². The molecule has 9 aromatic rings. The van der Waals surface area contributed by atoms with Crippen LogP contribution in [0.1, 0.15) is 25.0 Å². The molecular weight excluding hydrogens is 603 g/mol. The third-order valence-electron chi connectivity index (χ3n) is 11.0. The summed E-state index contributed by atoms with van der Waals surface area (Å²) in [6, 6.07) is 64.9. The van der Waals surface area contributed by atoms with Crippen molar-refractivity contribution >= 4 is 60.2 Å². The van der Waals surface area contributed by atoms with Gasteiger partial charge in [-0.25, -0.2) is 0 Å². The Morgan fingerprint density at radius 2 is 0.900 bits per heavy atom. The van der Waals surface area contributed by atoms with Crippen LogP contribution in [0.25, 0.3) is 65.3 Å². The molecule has 1 heteroatoms. The van der Waals surface area contributed by atoms with Gasteiger partial charge in [0.15, 0.2) is 0 Å². The molecule has 0 spiro atoms. The fourth-order valence-corrected chi connectivity index (χ4v) is 8.49. The molecule has 0 saturated carbocycles. The summed E-state index contributed by atoms with van der Waals surface area (Å²) in [4.78, 5) is 2.38. The van der Waals surface area contributed by atoms with Crippen LogP contribution in [0.5, 0.6) is 0 Å². The lowest BCUT2D eigenvalue weighted by molar-refractivity contribution is 0.660. The van der Waals surface area contributed by atoms with Crippen LogP contribution in [0.2, 0.25) is 0 Å². The summed E-state index contributed by atoms with van der Waals surface area (Å²) in [5.74, 6) is 0. The zero-order valence-electron chi connectivity index (χ0n) is 28.2. The maximum atomic E-state index is 2.39. The number of rotatable bonds is 4. The molecule has 1 aliphatic rings. The van der Waals surface area contributed by atoms with Crippen molar-refractivity contribution in [1.29, 1.82) is 0 Å². The van der Waals surface area contributed by atoms with Crippen molar-refractivity contribution < 1.29 is 0 Å². The normalized spacial score (nSPS) is 13.2. The van der Waals surface area contributed by atoms with Gasteiger partial charge >= 0.3 is 0 Å². The average molecular weight is 638 g/mol. The molecule has 0 fully saturated rings. The zero-order valence-corrected chi connectivity index (χ0v) is 28.2. The minimum Gasteiger partial charge on any atom is -0.310 e. The Labute approximate surface area is 292 Å². The summed E-state index contributed by atoms with van der Waals surface area (Å²) in [6.45, 7) is 4.68. The van der Waals surface area contributed by atoms with Crippen molar-refractivity contribution in [2.24, 2.45) is 0 Å². The van der Waals surface area contributed by atoms with E-state index < -0.39 is 0 Å². The lowest BCUT2D eigenvalue weighted by Gasteiger charge is -2.26. The monoisotopic (exact) mass is 637 g/mol. The van der Waals surface area contributed by atoms with Crippen LogP contribution in [0.4, 0.5) is 17.1 Å². The Morgan fingerprint density at radius 3 is 1.68 bits per heavy atom. The van der Waals surface area contributed by atoms with Gasteiger partial charge in [-0.1, -0.05) is 147 Å². The third kappa shape index (κ3) is 4.33. The van der Waals surface area contributed by atoms with Gasteiger partial charge in [-0.05, 0) is 119 Å². The van der Waals surface area contributed by atoms with Crippen LogP contribution in [0, 0.1) is 0 Å². The van der Waals surface area contributed by atoms with Crippen LogP contribution >= 0.6 is 0 Å². The van der Waals surface area contributed by atoms with Crippen LogP contribution in [-0.2, 0) is 5.41 Å². The minimum atomic E-state index is 0.00899. The first-order valence-electron chi connectivity index (χ1n) is 17.5. The minimum absolute atomic E-state index is 0.00899. The van der Waals surface area contributed by atoms with Gasteiger partial charge in [-0.3, -0.25) is 0 Å². The van der Waals surface area contributed by atoms with Gasteiger partial charge in [0.25, 0.3) is 0 Å². The van der Waals surface area contributed by atoms with Gasteiger partial charge in [-0.15, -0.1) is 0 Å². The molecule has 0 radical (unpaired) electrons. The summed E-state index contributed by atoms with van der Waals surface area (Å²) in [7, 11) is 0. The van der Waals surface area contributed by atoms with Crippen LogP contribution in [0.15, 0.2) is 176 Å². The summed E-state index contributed by atoms with van der Waals surface area (Å²) in [5.41, 5.74) is 11.4. The maximum absolute atomic E-state index is 2.39. The molecule has 0 amide bonds. The van der Waals surface area contributed by atoms with Crippen molar-refractivity contribution in [3.63, 3.8) is 0 Å². The molecule has 0 aromatic heterocycles. The smallest absolute Gasteiger partial charge is 0.0468 e. The van der Waals surface area contributed by atoms with Crippen LogP contribution in [0.3, 0.4) is 0 Å². The number of benzene rings is 9. The standard InChI is InChI=1S/C49H35N/c1-49(2)45-15-9-8-14-42(45)44-30-37(25-29-46(44)49)32-22-26-39(27-23-32)50(38-11-4-3-5-12-38)40-28-24-34-17-19-36-21-20-35-18-16-33-10-6-7-13-41(33)47(35)48(36)43(34)31-40/h3-31H,1-2H3. The molecule has 0 heterocycles. The quantitative estimate of drug-likeness (QED) is 0.174. The van der Waals surface area contributed by atoms with Gasteiger partial charge in [-0.2, -0.15) is 0 Å². The Hall–Kier alpha value is -6.18. The van der Waals surface area contributed by atoms with Crippen molar-refractivity contribution in [1.82, 2.24) is 0 Å². The van der Waals surface area contributed by atoms with E-state index in [0.717, 1.165) is 17.1 Å². The largest absolute Gasteiger partial charge is 0.310 e. The summed E-state index contributed by atoms with van der Waals surface area (Å²) >= 11 is 0. The molecule has 0 bridgehead atoms. The van der Waals surface area contributed by atoms with E-state index in [2.05, 4.69) is 195 Å². The lowest BCUT2D eigenvalue weighted by atomic mass is 9.82. The molecule has 1 aliphatic carbocycles. The third-order valence-corrected chi connectivity index (χ3v) is 11.0. The van der Waals surface area contributed by atoms with Crippen molar-refractivity contribution in [3.05, 3.63) is 187 Å². The van der Waals surface area contributed by atoms with Crippen LogP contribution < -0.4 is 4.90 Å². The van der Waals surface area contributed by atoms with Gasteiger partial charge in [0.05, 0.1) is 0 Å². The fourth-order valence-electron chi connectivity index (χ4n) is 8.49. The highest BCUT2D eigenvalue weighted by molar-refractivity contribution is 6.27. The molecule has 0 aliphatic heterocycles. The van der Waals surface area contributed by atoms with Crippen molar-refractivity contribution in [3.8, 4) is 22.3 Å². The summed E-state index contributed by atoms with van der Waals surface area (Å²) in [6.07, 6.45) is 0. The number of hydrogen-bond acceptors (Lipinski definition) is 1. The van der Waals surface area contributed by atoms with Gasteiger partial charge in [0, 0.05) is 22.5 Å². The highest BCUT2D eigenvalue weighted by Crippen LogP contribution is 2.49. The SMILES string of the molecule is CC1(C)c2ccccc2-c2cc(-c3ccc(N(c4ccccc4)c4ccc5ccc6ccc7ccc8ccccc8c7c6c5c4)cc3)ccc21. The van der Waals surface area contributed by atoms with Crippen molar-refractivity contribution in [2.75, 3.05) is 4.90 Å². The van der Waals surface area contributed by atoms with E-state index in [0.29, 0.717) is 0 Å². The number of hydrogen-bond donors (Lipinski definition) is 0. The Balaban J connectivity index is 1.12. The van der Waals surface area contributed by atoms with Crippen molar-refractivity contribution in [2.45, 2.75) is 19.3 Å². The Bertz CT molecular complexity index is 2760. The van der Waals surface area contributed by atoms with E-state index in [1.54, 1.807) is 0 Å². The van der Waals surface area contributed by atoms with Gasteiger partial charge < -0.3 is 4.90 Å². The molecule has 9 aromatic carbocycles. The van der Waals surface area contributed by atoms with E-state index in [1.165, 1.54) is 76.5 Å². The Morgan fingerprint density at radius 1 is 0.360 bits per heavy atom. The molecule has 0 N–H and O–H groups in total.